The molecule has 5 nitrogen and oxygen atoms in total. The summed E-state index contributed by atoms with van der Waals surface area (Å²) in [5.41, 5.74) is 1.84. The van der Waals surface area contributed by atoms with Crippen molar-refractivity contribution in [1.82, 2.24) is 9.97 Å². The number of aromatic nitrogens is 2. The number of halogens is 3. The lowest BCUT2D eigenvalue weighted by atomic mass is 10.1. The van der Waals surface area contributed by atoms with Gasteiger partial charge in [0.2, 0.25) is 5.82 Å². The molecule has 2 aromatic carbocycles. The molecule has 3 aromatic rings. The van der Waals surface area contributed by atoms with Crippen molar-refractivity contribution in [2.45, 2.75) is 18.3 Å². The first-order valence-electron chi connectivity index (χ1n) is 8.45. The zero-order chi connectivity index (χ0) is 20.4. The van der Waals surface area contributed by atoms with Crippen molar-refractivity contribution >= 4 is 26.6 Å². The molecule has 0 amide bonds. The standard InChI is InChI=1S/C19H18F3N3O2S/c1-28(26,27)12-14-8-6-13(7-9-14)10-11-23-17-15-4-2-3-5-16(15)24-18(25-17)19(20,21)22/h2-9H,10-12H2,1H3,(H,23,24,25). The molecule has 0 saturated carbocycles. The Hall–Kier alpha value is -2.68. The molecular weight excluding hydrogens is 391 g/mol. The van der Waals surface area contributed by atoms with Crippen molar-refractivity contribution in [2.24, 2.45) is 0 Å². The molecule has 3 rings (SSSR count). The predicted octanol–water partition coefficient (Wildman–Crippen LogP) is 3.85. The molecule has 0 bridgehead atoms. The first-order valence-corrected chi connectivity index (χ1v) is 10.5. The number of nitrogens with zero attached hydrogens (tertiary/aromatic N) is 2. The summed E-state index contributed by atoms with van der Waals surface area (Å²) in [6.07, 6.45) is -2.92. The van der Waals surface area contributed by atoms with Crippen molar-refractivity contribution in [1.29, 1.82) is 0 Å². The van der Waals surface area contributed by atoms with Crippen LogP contribution in [0.2, 0.25) is 0 Å². The zero-order valence-corrected chi connectivity index (χ0v) is 15.8. The van der Waals surface area contributed by atoms with Crippen LogP contribution in [0.4, 0.5) is 19.0 Å². The molecule has 1 aromatic heterocycles. The molecule has 0 aliphatic rings. The number of nitrogens with one attached hydrogen (secondary N) is 1. The van der Waals surface area contributed by atoms with E-state index >= 15 is 0 Å². The number of anilines is 1. The smallest absolute Gasteiger partial charge is 0.369 e. The second kappa shape index (κ2) is 7.75. The summed E-state index contributed by atoms with van der Waals surface area (Å²) >= 11 is 0. The monoisotopic (exact) mass is 409 g/mol. The Morgan fingerprint density at radius 2 is 1.61 bits per heavy atom. The fourth-order valence-corrected chi connectivity index (χ4v) is 3.57. The van der Waals surface area contributed by atoms with Gasteiger partial charge in [0.1, 0.15) is 5.82 Å². The average molecular weight is 409 g/mol. The van der Waals surface area contributed by atoms with Gasteiger partial charge in [-0.2, -0.15) is 13.2 Å². The lowest BCUT2D eigenvalue weighted by molar-refractivity contribution is -0.144. The maximum Gasteiger partial charge on any atom is 0.451 e. The van der Waals surface area contributed by atoms with Gasteiger partial charge >= 0.3 is 6.18 Å². The van der Waals surface area contributed by atoms with Gasteiger partial charge in [0.05, 0.1) is 11.3 Å². The third kappa shape index (κ3) is 5.19. The maximum atomic E-state index is 13.0. The summed E-state index contributed by atoms with van der Waals surface area (Å²) in [6, 6.07) is 13.6. The van der Waals surface area contributed by atoms with E-state index in [9.17, 15) is 21.6 Å². The molecule has 0 aliphatic carbocycles. The molecule has 0 spiro atoms. The molecule has 9 heteroatoms. The SMILES string of the molecule is CS(=O)(=O)Cc1ccc(CCNc2nc(C(F)(F)F)nc3ccccc23)cc1. The van der Waals surface area contributed by atoms with Crippen LogP contribution in [0.3, 0.4) is 0 Å². The Morgan fingerprint density at radius 3 is 2.25 bits per heavy atom. The van der Waals surface area contributed by atoms with E-state index in [2.05, 4.69) is 15.3 Å². The van der Waals surface area contributed by atoms with Crippen LogP contribution in [0, 0.1) is 0 Å². The third-order valence-electron chi connectivity index (χ3n) is 4.01. The maximum absolute atomic E-state index is 13.0. The molecule has 0 atom stereocenters. The number of sulfone groups is 1. The van der Waals surface area contributed by atoms with Crippen molar-refractivity contribution in [3.63, 3.8) is 0 Å². The van der Waals surface area contributed by atoms with Gasteiger partial charge in [0.25, 0.3) is 0 Å². The number of benzene rings is 2. The van der Waals surface area contributed by atoms with Gasteiger partial charge in [0, 0.05) is 18.2 Å². The minimum atomic E-state index is -4.63. The second-order valence-electron chi connectivity index (χ2n) is 6.47. The Labute approximate surface area is 160 Å². The van der Waals surface area contributed by atoms with Crippen LogP contribution in [0.15, 0.2) is 48.5 Å². The molecule has 28 heavy (non-hydrogen) atoms. The van der Waals surface area contributed by atoms with Crippen LogP contribution >= 0.6 is 0 Å². The molecule has 148 valence electrons. The second-order valence-corrected chi connectivity index (χ2v) is 8.61. The molecule has 1 heterocycles. The quantitative estimate of drug-likeness (QED) is 0.670. The molecule has 0 radical (unpaired) electrons. The molecule has 0 aliphatic heterocycles. The Balaban J connectivity index is 1.73. The summed E-state index contributed by atoms with van der Waals surface area (Å²) in [5.74, 6) is -1.08. The van der Waals surface area contributed by atoms with Crippen molar-refractivity contribution in [3.8, 4) is 0 Å². The van der Waals surface area contributed by atoms with E-state index in [1.165, 1.54) is 12.3 Å². The largest absolute Gasteiger partial charge is 0.451 e. The van der Waals surface area contributed by atoms with E-state index in [0.29, 0.717) is 23.9 Å². The molecule has 0 fully saturated rings. The van der Waals surface area contributed by atoms with E-state index in [-0.39, 0.29) is 17.1 Å². The highest BCUT2D eigenvalue weighted by molar-refractivity contribution is 7.89. The lowest BCUT2D eigenvalue weighted by Gasteiger charge is -2.12. The van der Waals surface area contributed by atoms with Gasteiger partial charge in [0.15, 0.2) is 9.84 Å². The highest BCUT2D eigenvalue weighted by atomic mass is 32.2. The van der Waals surface area contributed by atoms with Gasteiger partial charge in [-0.15, -0.1) is 0 Å². The minimum Gasteiger partial charge on any atom is -0.369 e. The third-order valence-corrected chi connectivity index (χ3v) is 4.87. The van der Waals surface area contributed by atoms with Crippen LogP contribution in [-0.4, -0.2) is 31.2 Å². The van der Waals surface area contributed by atoms with E-state index in [0.717, 1.165) is 5.56 Å². The number of alkyl halides is 3. The molecule has 1 N–H and O–H groups in total. The first kappa shape index (κ1) is 20.1. The van der Waals surface area contributed by atoms with Crippen LogP contribution in [0.25, 0.3) is 10.9 Å². The molecule has 0 unspecified atom stereocenters. The van der Waals surface area contributed by atoms with Crippen molar-refractivity contribution in [2.75, 3.05) is 18.1 Å². The van der Waals surface area contributed by atoms with Crippen LogP contribution < -0.4 is 5.32 Å². The summed E-state index contributed by atoms with van der Waals surface area (Å²) in [4.78, 5) is 7.23. The number of para-hydroxylation sites is 1. The fraction of sp³-hybridized carbons (Fsp3) is 0.263. The molecule has 0 saturated heterocycles. The van der Waals surface area contributed by atoms with E-state index < -0.39 is 21.8 Å². The number of rotatable bonds is 6. The topological polar surface area (TPSA) is 72.0 Å². The van der Waals surface area contributed by atoms with Crippen LogP contribution in [0.5, 0.6) is 0 Å². The number of fused-ring (bicyclic) bond motifs is 1. The summed E-state index contributed by atoms with van der Waals surface area (Å²) < 4.78 is 61.8. The Kier molecular flexibility index (Phi) is 5.55. The first-order chi connectivity index (χ1) is 13.1. The van der Waals surface area contributed by atoms with E-state index in [1.54, 1.807) is 42.5 Å². The predicted molar refractivity (Wildman–Crippen MR) is 102 cm³/mol. The number of hydrogen-bond donors (Lipinski definition) is 1. The van der Waals surface area contributed by atoms with Gasteiger partial charge in [-0.05, 0) is 29.7 Å². The Morgan fingerprint density at radius 1 is 0.964 bits per heavy atom. The normalized spacial score (nSPS) is 12.3. The summed E-state index contributed by atoms with van der Waals surface area (Å²) in [5, 5.41) is 3.47. The van der Waals surface area contributed by atoms with Gasteiger partial charge < -0.3 is 5.32 Å². The minimum absolute atomic E-state index is 0.0291. The highest BCUT2D eigenvalue weighted by Crippen LogP contribution is 2.30. The average Bonchev–Trinajstić information content (AvgIpc) is 2.61. The van der Waals surface area contributed by atoms with Gasteiger partial charge in [-0.25, -0.2) is 18.4 Å². The fourth-order valence-electron chi connectivity index (χ4n) is 2.77. The van der Waals surface area contributed by atoms with Crippen molar-refractivity contribution in [3.05, 3.63) is 65.5 Å². The summed E-state index contributed by atoms with van der Waals surface area (Å²) in [6.45, 7) is 0.365. The lowest BCUT2D eigenvalue weighted by Crippen LogP contribution is -2.14. The summed E-state index contributed by atoms with van der Waals surface area (Å²) in [7, 11) is -3.10. The Bertz CT molecular complexity index is 1080. The number of hydrogen-bond acceptors (Lipinski definition) is 5. The van der Waals surface area contributed by atoms with E-state index in [4.69, 9.17) is 0 Å². The highest BCUT2D eigenvalue weighted by Gasteiger charge is 2.35. The van der Waals surface area contributed by atoms with Gasteiger partial charge in [-0.1, -0.05) is 36.4 Å². The van der Waals surface area contributed by atoms with Crippen LogP contribution in [0.1, 0.15) is 17.0 Å². The zero-order valence-electron chi connectivity index (χ0n) is 15.0. The molecular formula is C19H18F3N3O2S. The van der Waals surface area contributed by atoms with Crippen LogP contribution in [-0.2, 0) is 28.2 Å². The van der Waals surface area contributed by atoms with Crippen molar-refractivity contribution < 1.29 is 21.6 Å². The van der Waals surface area contributed by atoms with Gasteiger partial charge in [-0.3, -0.25) is 0 Å². The van der Waals surface area contributed by atoms with E-state index in [1.807, 2.05) is 0 Å².